The summed E-state index contributed by atoms with van der Waals surface area (Å²) in [5.41, 5.74) is 0.735. The van der Waals surface area contributed by atoms with Gasteiger partial charge in [-0.25, -0.2) is 0 Å². The average Bonchev–Trinajstić information content (AvgIpc) is 2.52. The van der Waals surface area contributed by atoms with Crippen LogP contribution in [0.1, 0.15) is 47.0 Å². The van der Waals surface area contributed by atoms with E-state index in [1.54, 1.807) is 7.11 Å². The number of benzene rings is 1. The third-order valence-electron chi connectivity index (χ3n) is 4.99. The van der Waals surface area contributed by atoms with Crippen LogP contribution in [0.5, 0.6) is 5.75 Å². The van der Waals surface area contributed by atoms with Gasteiger partial charge in [0, 0.05) is 18.7 Å². The molecule has 1 aromatic carbocycles. The first-order valence-corrected chi connectivity index (χ1v) is 8.88. The summed E-state index contributed by atoms with van der Waals surface area (Å²) in [5.74, 6) is 2.27. The Hall–Kier alpha value is -1.55. The second-order valence-electron chi connectivity index (χ2n) is 7.75. The summed E-state index contributed by atoms with van der Waals surface area (Å²) in [4.78, 5) is 12.5. The first-order valence-electron chi connectivity index (χ1n) is 8.88. The van der Waals surface area contributed by atoms with Crippen molar-refractivity contribution in [3.8, 4) is 5.75 Å². The van der Waals surface area contributed by atoms with Crippen LogP contribution < -0.4 is 10.1 Å². The normalized spacial score (nSPS) is 21.3. The minimum Gasteiger partial charge on any atom is -0.497 e. The molecule has 1 amide bonds. The minimum atomic E-state index is -0.0808. The van der Waals surface area contributed by atoms with Crippen LogP contribution in [0.25, 0.3) is 0 Å². The Kier molecular flexibility index (Phi) is 6.27. The Morgan fingerprint density at radius 3 is 2.54 bits per heavy atom. The van der Waals surface area contributed by atoms with Crippen LogP contribution in [-0.2, 0) is 9.53 Å². The molecule has 1 N–H and O–H groups in total. The Morgan fingerprint density at radius 1 is 1.33 bits per heavy atom. The number of ether oxygens (including phenoxy) is 2. The average molecular weight is 333 g/mol. The molecule has 4 nitrogen and oxygen atoms in total. The van der Waals surface area contributed by atoms with Gasteiger partial charge in [0.1, 0.15) is 5.75 Å². The fraction of sp³-hybridized carbons (Fsp3) is 0.650. The van der Waals surface area contributed by atoms with Crippen molar-refractivity contribution in [2.45, 2.75) is 52.6 Å². The van der Waals surface area contributed by atoms with Gasteiger partial charge in [0.05, 0.1) is 12.7 Å². The highest BCUT2D eigenvalue weighted by molar-refractivity contribution is 5.90. The molecule has 2 atom stereocenters. The predicted molar refractivity (Wildman–Crippen MR) is 97.3 cm³/mol. The number of nitrogens with one attached hydrogen (secondary N) is 1. The molecular formula is C20H31NO3. The number of methoxy groups -OCH3 is 1. The summed E-state index contributed by atoms with van der Waals surface area (Å²) < 4.78 is 11.0. The topological polar surface area (TPSA) is 47.6 Å². The molecule has 24 heavy (non-hydrogen) atoms. The van der Waals surface area contributed by atoms with Crippen molar-refractivity contribution in [1.82, 2.24) is 0 Å². The molecule has 1 aliphatic rings. The minimum absolute atomic E-state index is 0.0808. The zero-order chi connectivity index (χ0) is 17.7. The summed E-state index contributed by atoms with van der Waals surface area (Å²) in [7, 11) is 1.64. The van der Waals surface area contributed by atoms with Gasteiger partial charge in [-0.15, -0.1) is 0 Å². The van der Waals surface area contributed by atoms with E-state index >= 15 is 0 Å². The van der Waals surface area contributed by atoms with E-state index in [0.717, 1.165) is 30.9 Å². The lowest BCUT2D eigenvalue weighted by atomic mass is 9.73. The van der Waals surface area contributed by atoms with E-state index in [4.69, 9.17) is 9.47 Å². The Bertz CT molecular complexity index is 536. The second-order valence-corrected chi connectivity index (χ2v) is 7.75. The maximum absolute atomic E-state index is 12.5. The van der Waals surface area contributed by atoms with Crippen molar-refractivity contribution >= 4 is 11.6 Å². The summed E-state index contributed by atoms with van der Waals surface area (Å²) in [6.45, 7) is 9.52. The van der Waals surface area contributed by atoms with Crippen molar-refractivity contribution in [2.24, 2.45) is 17.8 Å². The van der Waals surface area contributed by atoms with Crippen LogP contribution in [0.4, 0.5) is 5.69 Å². The van der Waals surface area contributed by atoms with Crippen molar-refractivity contribution in [3.63, 3.8) is 0 Å². The van der Waals surface area contributed by atoms with Crippen LogP contribution in [0.2, 0.25) is 0 Å². The molecule has 0 spiro atoms. The molecule has 0 radical (unpaired) electrons. The van der Waals surface area contributed by atoms with Crippen LogP contribution in [-0.4, -0.2) is 25.2 Å². The van der Waals surface area contributed by atoms with Crippen molar-refractivity contribution < 1.29 is 14.3 Å². The van der Waals surface area contributed by atoms with E-state index in [9.17, 15) is 4.79 Å². The van der Waals surface area contributed by atoms with Gasteiger partial charge < -0.3 is 14.8 Å². The third kappa shape index (κ3) is 5.23. The van der Waals surface area contributed by atoms with Gasteiger partial charge in [0.25, 0.3) is 0 Å². The number of carbonyl (C=O) groups excluding carboxylic acids is 1. The van der Waals surface area contributed by atoms with Gasteiger partial charge in [-0.2, -0.15) is 0 Å². The highest BCUT2D eigenvalue weighted by atomic mass is 16.5. The SMILES string of the molecule is COc1ccc(NC(=O)CC(C(C)C)C2CCOC(C)(C)C2)cc1. The predicted octanol–water partition coefficient (Wildman–Crippen LogP) is 4.50. The molecule has 0 aromatic heterocycles. The third-order valence-corrected chi connectivity index (χ3v) is 4.99. The van der Waals surface area contributed by atoms with Gasteiger partial charge in [-0.3, -0.25) is 4.79 Å². The quantitative estimate of drug-likeness (QED) is 0.833. The fourth-order valence-electron chi connectivity index (χ4n) is 3.69. The maximum atomic E-state index is 12.5. The monoisotopic (exact) mass is 333 g/mol. The number of amides is 1. The first-order chi connectivity index (χ1) is 11.3. The van der Waals surface area contributed by atoms with E-state index in [1.165, 1.54) is 0 Å². The summed E-state index contributed by atoms with van der Waals surface area (Å²) in [6, 6.07) is 7.46. The molecule has 1 aliphatic heterocycles. The van der Waals surface area contributed by atoms with Gasteiger partial charge in [0.15, 0.2) is 0 Å². The lowest BCUT2D eigenvalue weighted by Gasteiger charge is -2.40. The van der Waals surface area contributed by atoms with Gasteiger partial charge in [0.2, 0.25) is 5.91 Å². The van der Waals surface area contributed by atoms with E-state index in [1.807, 2.05) is 24.3 Å². The van der Waals surface area contributed by atoms with Gasteiger partial charge in [-0.05, 0) is 68.7 Å². The second kappa shape index (κ2) is 8.02. The molecular weight excluding hydrogens is 302 g/mol. The smallest absolute Gasteiger partial charge is 0.224 e. The van der Waals surface area contributed by atoms with Crippen molar-refractivity contribution in [1.29, 1.82) is 0 Å². The molecule has 1 heterocycles. The Balaban J connectivity index is 1.97. The molecule has 1 saturated heterocycles. The van der Waals surface area contributed by atoms with Crippen LogP contribution in [0.15, 0.2) is 24.3 Å². The van der Waals surface area contributed by atoms with E-state index in [2.05, 4.69) is 33.0 Å². The summed E-state index contributed by atoms with van der Waals surface area (Å²) in [6.07, 6.45) is 2.62. The number of anilines is 1. The van der Waals surface area contributed by atoms with Crippen molar-refractivity contribution in [3.05, 3.63) is 24.3 Å². The maximum Gasteiger partial charge on any atom is 0.224 e. The Labute approximate surface area is 145 Å². The van der Waals surface area contributed by atoms with E-state index in [-0.39, 0.29) is 11.5 Å². The molecule has 0 saturated carbocycles. The molecule has 1 aromatic rings. The number of carbonyl (C=O) groups is 1. The molecule has 2 rings (SSSR count). The molecule has 1 fully saturated rings. The Morgan fingerprint density at radius 2 is 2.00 bits per heavy atom. The molecule has 4 heteroatoms. The number of rotatable bonds is 6. The van der Waals surface area contributed by atoms with Gasteiger partial charge >= 0.3 is 0 Å². The van der Waals surface area contributed by atoms with E-state index < -0.39 is 0 Å². The molecule has 2 unspecified atom stereocenters. The first kappa shape index (κ1) is 18.8. The molecule has 134 valence electrons. The van der Waals surface area contributed by atoms with Crippen LogP contribution in [0, 0.1) is 17.8 Å². The van der Waals surface area contributed by atoms with Gasteiger partial charge in [-0.1, -0.05) is 13.8 Å². The van der Waals surface area contributed by atoms with Crippen LogP contribution >= 0.6 is 0 Å². The zero-order valence-electron chi connectivity index (χ0n) is 15.6. The summed E-state index contributed by atoms with van der Waals surface area (Å²) >= 11 is 0. The highest BCUT2D eigenvalue weighted by Gasteiger charge is 2.35. The molecule has 0 aliphatic carbocycles. The fourth-order valence-corrected chi connectivity index (χ4v) is 3.69. The highest BCUT2D eigenvalue weighted by Crippen LogP contribution is 2.38. The van der Waals surface area contributed by atoms with Crippen molar-refractivity contribution in [2.75, 3.05) is 19.0 Å². The van der Waals surface area contributed by atoms with Crippen LogP contribution in [0.3, 0.4) is 0 Å². The summed E-state index contributed by atoms with van der Waals surface area (Å²) in [5, 5.41) is 3.01. The number of hydrogen-bond acceptors (Lipinski definition) is 3. The van der Waals surface area contributed by atoms with E-state index in [0.29, 0.717) is 24.2 Å². The number of hydrogen-bond donors (Lipinski definition) is 1. The lowest BCUT2D eigenvalue weighted by Crippen LogP contribution is -2.39. The zero-order valence-corrected chi connectivity index (χ0v) is 15.6. The largest absolute Gasteiger partial charge is 0.497 e. The molecule has 0 bridgehead atoms. The standard InChI is InChI=1S/C20H31NO3/c1-14(2)18(15-10-11-24-20(3,4)13-15)12-19(22)21-16-6-8-17(23-5)9-7-16/h6-9,14-15,18H,10-13H2,1-5H3,(H,21,22). The lowest BCUT2D eigenvalue weighted by molar-refractivity contribution is -0.120.